The predicted octanol–water partition coefficient (Wildman–Crippen LogP) is 1.93. The van der Waals surface area contributed by atoms with Gasteiger partial charge in [0.25, 0.3) is 5.56 Å². The van der Waals surface area contributed by atoms with Crippen LogP contribution in [0.5, 0.6) is 0 Å². The van der Waals surface area contributed by atoms with Crippen molar-refractivity contribution in [2.24, 2.45) is 12.1 Å². The highest BCUT2D eigenvalue weighted by atomic mass is 35.5. The van der Waals surface area contributed by atoms with Crippen molar-refractivity contribution in [1.82, 2.24) is 19.1 Å². The van der Waals surface area contributed by atoms with Gasteiger partial charge in [-0.2, -0.15) is 10.1 Å². The van der Waals surface area contributed by atoms with E-state index in [1.54, 1.807) is 23.7 Å². The zero-order valence-corrected chi connectivity index (χ0v) is 14.8. The molecule has 0 saturated carbocycles. The summed E-state index contributed by atoms with van der Waals surface area (Å²) in [6.45, 7) is 4.22. The van der Waals surface area contributed by atoms with E-state index in [0.717, 1.165) is 11.3 Å². The molecule has 9 heteroatoms. The number of halogens is 1. The fourth-order valence-corrected chi connectivity index (χ4v) is 2.64. The van der Waals surface area contributed by atoms with Crippen LogP contribution in [0.4, 0.5) is 5.95 Å². The maximum atomic E-state index is 12.1. The van der Waals surface area contributed by atoms with Gasteiger partial charge in [-0.1, -0.05) is 23.7 Å². The van der Waals surface area contributed by atoms with Crippen molar-refractivity contribution in [1.29, 1.82) is 0 Å². The molecule has 0 aliphatic heterocycles. The minimum atomic E-state index is -0.509. The van der Waals surface area contributed by atoms with Gasteiger partial charge >= 0.3 is 5.69 Å². The van der Waals surface area contributed by atoms with Crippen molar-refractivity contribution in [2.75, 3.05) is 5.43 Å². The molecule has 0 unspecified atom stereocenters. The highest BCUT2D eigenvalue weighted by molar-refractivity contribution is 6.30. The molecule has 0 spiro atoms. The van der Waals surface area contributed by atoms with Gasteiger partial charge in [0.1, 0.15) is 0 Å². The lowest BCUT2D eigenvalue weighted by Gasteiger charge is -2.06. The summed E-state index contributed by atoms with van der Waals surface area (Å²) in [6, 6.07) is 7.29. The number of nitrogens with zero attached hydrogens (tertiary/aromatic N) is 4. The van der Waals surface area contributed by atoms with E-state index in [4.69, 9.17) is 11.6 Å². The Kier molecular flexibility index (Phi) is 4.45. The zero-order valence-electron chi connectivity index (χ0n) is 14.0. The van der Waals surface area contributed by atoms with Crippen LogP contribution in [0, 0.1) is 0 Å². The van der Waals surface area contributed by atoms with Crippen LogP contribution < -0.4 is 16.7 Å². The topological polar surface area (TPSA) is 97.1 Å². The molecule has 0 amide bonds. The minimum Gasteiger partial charge on any atom is -0.303 e. The number of rotatable bonds is 4. The molecule has 2 N–H and O–H groups in total. The molecule has 0 atom stereocenters. The average molecular weight is 361 g/mol. The number of imidazole rings is 1. The van der Waals surface area contributed by atoms with E-state index in [9.17, 15) is 9.59 Å². The van der Waals surface area contributed by atoms with Crippen LogP contribution in [-0.2, 0) is 13.6 Å². The van der Waals surface area contributed by atoms with Crippen LogP contribution in [0.15, 0.2) is 39.0 Å². The number of H-pyrrole nitrogens is 1. The third-order valence-corrected chi connectivity index (χ3v) is 4.16. The Balaban J connectivity index is 2.04. The van der Waals surface area contributed by atoms with Gasteiger partial charge in [0.15, 0.2) is 11.2 Å². The molecule has 0 bridgehead atoms. The molecule has 130 valence electrons. The summed E-state index contributed by atoms with van der Waals surface area (Å²) < 4.78 is 2.97. The molecule has 0 fully saturated rings. The largest absolute Gasteiger partial charge is 0.329 e. The first-order valence-corrected chi connectivity index (χ1v) is 8.06. The summed E-state index contributed by atoms with van der Waals surface area (Å²) >= 11 is 5.89. The van der Waals surface area contributed by atoms with Gasteiger partial charge < -0.3 is 4.57 Å². The van der Waals surface area contributed by atoms with E-state index in [1.807, 2.05) is 26.0 Å². The highest BCUT2D eigenvalue weighted by Gasteiger charge is 2.16. The SMILES string of the molecule is CCn1c(N/N=C(\C)c2ccc(Cl)cc2)nc2c1c(=O)[nH]c(=O)n2C. The second-order valence-corrected chi connectivity index (χ2v) is 5.92. The molecule has 2 heterocycles. The summed E-state index contributed by atoms with van der Waals surface area (Å²) in [6.07, 6.45) is 0. The number of aromatic amines is 1. The molecular formula is C16H17ClN6O2. The first-order valence-electron chi connectivity index (χ1n) is 7.68. The van der Waals surface area contributed by atoms with E-state index < -0.39 is 11.2 Å². The van der Waals surface area contributed by atoms with Crippen molar-refractivity contribution in [2.45, 2.75) is 20.4 Å². The maximum Gasteiger partial charge on any atom is 0.329 e. The fourth-order valence-electron chi connectivity index (χ4n) is 2.52. The predicted molar refractivity (Wildman–Crippen MR) is 98.6 cm³/mol. The van der Waals surface area contributed by atoms with Crippen molar-refractivity contribution in [3.8, 4) is 0 Å². The summed E-state index contributed by atoms with van der Waals surface area (Å²) in [4.78, 5) is 30.5. The van der Waals surface area contributed by atoms with Gasteiger partial charge in [-0.05, 0) is 31.5 Å². The van der Waals surface area contributed by atoms with Gasteiger partial charge in [0.2, 0.25) is 5.95 Å². The normalized spacial score (nSPS) is 11.9. The lowest BCUT2D eigenvalue weighted by atomic mass is 10.1. The van der Waals surface area contributed by atoms with Crippen molar-refractivity contribution in [3.05, 3.63) is 55.7 Å². The number of nitrogens with one attached hydrogen (secondary N) is 2. The Morgan fingerprint density at radius 1 is 1.32 bits per heavy atom. The number of fused-ring (bicyclic) bond motifs is 1. The molecule has 0 saturated heterocycles. The quantitative estimate of drug-likeness (QED) is 0.548. The molecule has 0 aliphatic rings. The second-order valence-electron chi connectivity index (χ2n) is 5.49. The van der Waals surface area contributed by atoms with Crippen LogP contribution in [0.2, 0.25) is 5.02 Å². The number of hydrogen-bond donors (Lipinski definition) is 2. The summed E-state index contributed by atoms with van der Waals surface area (Å²) in [5.41, 5.74) is 4.16. The fraction of sp³-hybridized carbons (Fsp3) is 0.250. The van der Waals surface area contributed by atoms with Gasteiger partial charge in [-0.3, -0.25) is 14.3 Å². The van der Waals surface area contributed by atoms with E-state index in [0.29, 0.717) is 28.7 Å². The molecule has 2 aromatic heterocycles. The number of aromatic nitrogens is 4. The molecule has 0 radical (unpaired) electrons. The lowest BCUT2D eigenvalue weighted by molar-refractivity contribution is 0.781. The first-order chi connectivity index (χ1) is 11.9. The summed E-state index contributed by atoms with van der Waals surface area (Å²) in [5, 5.41) is 4.97. The molecule has 3 rings (SSSR count). The Morgan fingerprint density at radius 3 is 2.64 bits per heavy atom. The van der Waals surface area contributed by atoms with E-state index in [2.05, 4.69) is 20.5 Å². The van der Waals surface area contributed by atoms with Gasteiger partial charge in [-0.25, -0.2) is 10.2 Å². The van der Waals surface area contributed by atoms with Crippen LogP contribution in [0.1, 0.15) is 19.4 Å². The zero-order chi connectivity index (χ0) is 18.1. The van der Waals surface area contributed by atoms with Crippen molar-refractivity contribution >= 4 is 34.4 Å². The Hall–Kier alpha value is -2.87. The third kappa shape index (κ3) is 3.08. The van der Waals surface area contributed by atoms with E-state index in [1.165, 1.54) is 4.57 Å². The number of anilines is 1. The summed E-state index contributed by atoms with van der Waals surface area (Å²) in [7, 11) is 1.56. The smallest absolute Gasteiger partial charge is 0.303 e. The van der Waals surface area contributed by atoms with Crippen LogP contribution >= 0.6 is 11.6 Å². The van der Waals surface area contributed by atoms with Gasteiger partial charge in [0.05, 0.1) is 5.71 Å². The van der Waals surface area contributed by atoms with Gasteiger partial charge in [0, 0.05) is 18.6 Å². The molecular weight excluding hydrogens is 344 g/mol. The Morgan fingerprint density at radius 2 is 2.00 bits per heavy atom. The first kappa shape index (κ1) is 17.0. The lowest BCUT2D eigenvalue weighted by Crippen LogP contribution is -2.29. The molecule has 1 aromatic carbocycles. The number of benzene rings is 1. The maximum absolute atomic E-state index is 12.1. The van der Waals surface area contributed by atoms with Crippen LogP contribution in [-0.4, -0.2) is 24.8 Å². The second kappa shape index (κ2) is 6.56. The third-order valence-electron chi connectivity index (χ3n) is 3.91. The van der Waals surface area contributed by atoms with Crippen LogP contribution in [0.3, 0.4) is 0 Å². The Bertz CT molecular complexity index is 1070. The molecule has 3 aromatic rings. The van der Waals surface area contributed by atoms with Crippen molar-refractivity contribution in [3.63, 3.8) is 0 Å². The van der Waals surface area contributed by atoms with Crippen molar-refractivity contribution < 1.29 is 0 Å². The minimum absolute atomic E-state index is 0.303. The standard InChI is InChI=1S/C16H17ClN6O2/c1-4-23-12-13(22(3)16(25)19-14(12)24)18-15(23)21-20-9(2)10-5-7-11(17)8-6-10/h5-8H,4H2,1-3H3,(H,18,21)(H,19,24,25)/b20-9+. The number of hydrazone groups is 1. The number of hydrogen-bond acceptors (Lipinski definition) is 5. The molecule has 0 aliphatic carbocycles. The average Bonchev–Trinajstić information content (AvgIpc) is 2.97. The monoisotopic (exact) mass is 360 g/mol. The molecule has 8 nitrogen and oxygen atoms in total. The highest BCUT2D eigenvalue weighted by Crippen LogP contribution is 2.15. The molecule has 25 heavy (non-hydrogen) atoms. The van der Waals surface area contributed by atoms with Crippen LogP contribution in [0.25, 0.3) is 11.2 Å². The van der Waals surface area contributed by atoms with Gasteiger partial charge in [-0.15, -0.1) is 0 Å². The van der Waals surface area contributed by atoms with E-state index in [-0.39, 0.29) is 0 Å². The number of aryl methyl sites for hydroxylation is 2. The Labute approximate surface area is 147 Å². The summed E-state index contributed by atoms with van der Waals surface area (Å²) in [5.74, 6) is 0.387. The van der Waals surface area contributed by atoms with E-state index >= 15 is 0 Å².